The van der Waals surface area contributed by atoms with E-state index >= 15 is 0 Å². The SMILES string of the molecule is COc1cc(NC(=O)[C@@H](C)Oc2ccc(Cl)cc2Cl)ccc1-c1cc2ccccc2oc1=O. The summed E-state index contributed by atoms with van der Waals surface area (Å²) in [6.07, 6.45) is -0.832. The van der Waals surface area contributed by atoms with E-state index in [1.807, 2.05) is 12.1 Å². The molecule has 0 aliphatic rings. The van der Waals surface area contributed by atoms with Crippen molar-refractivity contribution in [2.75, 3.05) is 12.4 Å². The van der Waals surface area contributed by atoms with E-state index in [9.17, 15) is 9.59 Å². The van der Waals surface area contributed by atoms with Gasteiger partial charge in [0.1, 0.15) is 17.1 Å². The molecule has 4 rings (SSSR count). The molecule has 0 radical (unpaired) electrons. The molecule has 3 aromatic carbocycles. The minimum atomic E-state index is -0.832. The monoisotopic (exact) mass is 483 g/mol. The largest absolute Gasteiger partial charge is 0.496 e. The average molecular weight is 484 g/mol. The molecule has 4 aromatic rings. The van der Waals surface area contributed by atoms with Crippen LogP contribution in [0.3, 0.4) is 0 Å². The number of nitrogens with one attached hydrogen (secondary N) is 1. The third-order valence-electron chi connectivity index (χ3n) is 4.97. The maximum atomic E-state index is 12.6. The minimum Gasteiger partial charge on any atom is -0.496 e. The molecule has 8 heteroatoms. The van der Waals surface area contributed by atoms with Crippen LogP contribution in [0.1, 0.15) is 6.92 Å². The molecule has 1 heterocycles. The summed E-state index contributed by atoms with van der Waals surface area (Å²) in [4.78, 5) is 25.2. The number of hydrogen-bond acceptors (Lipinski definition) is 5. The highest BCUT2D eigenvalue weighted by molar-refractivity contribution is 6.35. The van der Waals surface area contributed by atoms with Crippen LogP contribution >= 0.6 is 23.2 Å². The van der Waals surface area contributed by atoms with Gasteiger partial charge in [-0.3, -0.25) is 4.79 Å². The molecule has 0 bridgehead atoms. The van der Waals surface area contributed by atoms with Crippen LogP contribution in [0.2, 0.25) is 10.0 Å². The third-order valence-corrected chi connectivity index (χ3v) is 5.50. The summed E-state index contributed by atoms with van der Waals surface area (Å²) in [5, 5.41) is 4.34. The highest BCUT2D eigenvalue weighted by Gasteiger charge is 2.18. The van der Waals surface area contributed by atoms with Gasteiger partial charge in [0.15, 0.2) is 6.10 Å². The van der Waals surface area contributed by atoms with Gasteiger partial charge in [0, 0.05) is 27.7 Å². The Morgan fingerprint density at radius 3 is 2.52 bits per heavy atom. The van der Waals surface area contributed by atoms with E-state index in [0.717, 1.165) is 5.39 Å². The molecule has 0 aliphatic carbocycles. The van der Waals surface area contributed by atoms with Gasteiger partial charge in [0.2, 0.25) is 0 Å². The number of carbonyl (C=O) groups excluding carboxylic acids is 1. The topological polar surface area (TPSA) is 77.8 Å². The van der Waals surface area contributed by atoms with Crippen molar-refractivity contribution in [1.29, 1.82) is 0 Å². The first kappa shape index (κ1) is 22.7. The van der Waals surface area contributed by atoms with Crippen molar-refractivity contribution >= 4 is 45.8 Å². The fourth-order valence-electron chi connectivity index (χ4n) is 3.30. The van der Waals surface area contributed by atoms with Gasteiger partial charge in [-0.1, -0.05) is 41.4 Å². The van der Waals surface area contributed by atoms with Crippen LogP contribution in [0.25, 0.3) is 22.1 Å². The highest BCUT2D eigenvalue weighted by atomic mass is 35.5. The van der Waals surface area contributed by atoms with Gasteiger partial charge in [-0.15, -0.1) is 0 Å². The Morgan fingerprint density at radius 1 is 0.970 bits per heavy atom. The molecule has 0 unspecified atom stereocenters. The Bertz CT molecular complexity index is 1400. The number of ether oxygens (including phenoxy) is 2. The van der Waals surface area contributed by atoms with Crippen molar-refractivity contribution < 1.29 is 18.7 Å². The Hall–Kier alpha value is -3.48. The highest BCUT2D eigenvalue weighted by Crippen LogP contribution is 2.33. The number of benzene rings is 3. The van der Waals surface area contributed by atoms with Crippen molar-refractivity contribution in [3.8, 4) is 22.6 Å². The molecular formula is C25H19Cl2NO5. The van der Waals surface area contributed by atoms with Gasteiger partial charge in [0.25, 0.3) is 5.91 Å². The van der Waals surface area contributed by atoms with Crippen LogP contribution in [0.15, 0.2) is 75.9 Å². The molecular weight excluding hydrogens is 465 g/mol. The van der Waals surface area contributed by atoms with Crippen molar-refractivity contribution in [1.82, 2.24) is 0 Å². The number of anilines is 1. The molecule has 0 spiro atoms. The van der Waals surface area contributed by atoms with E-state index in [0.29, 0.717) is 43.9 Å². The van der Waals surface area contributed by atoms with Crippen molar-refractivity contribution in [2.24, 2.45) is 0 Å². The second-order valence-electron chi connectivity index (χ2n) is 7.22. The first-order chi connectivity index (χ1) is 15.9. The van der Waals surface area contributed by atoms with Gasteiger partial charge in [-0.05, 0) is 49.4 Å². The fourth-order valence-corrected chi connectivity index (χ4v) is 3.75. The van der Waals surface area contributed by atoms with E-state index in [2.05, 4.69) is 5.32 Å². The van der Waals surface area contributed by atoms with Crippen molar-refractivity contribution in [3.05, 3.63) is 87.2 Å². The quantitative estimate of drug-likeness (QED) is 0.331. The van der Waals surface area contributed by atoms with Gasteiger partial charge in [0.05, 0.1) is 17.7 Å². The number of rotatable bonds is 6. The van der Waals surface area contributed by atoms with E-state index in [1.165, 1.54) is 13.2 Å². The summed E-state index contributed by atoms with van der Waals surface area (Å²) in [7, 11) is 1.49. The Labute approximate surface area is 199 Å². The number of halogens is 2. The van der Waals surface area contributed by atoms with Crippen LogP contribution in [-0.2, 0) is 4.79 Å². The molecule has 168 valence electrons. The molecule has 1 aromatic heterocycles. The summed E-state index contributed by atoms with van der Waals surface area (Å²) in [6, 6.07) is 18.8. The molecule has 0 saturated heterocycles. The zero-order valence-corrected chi connectivity index (χ0v) is 19.2. The summed E-state index contributed by atoms with van der Waals surface area (Å²) >= 11 is 12.0. The molecule has 1 amide bonds. The number of carbonyl (C=O) groups is 1. The summed E-state index contributed by atoms with van der Waals surface area (Å²) < 4.78 is 16.6. The second-order valence-corrected chi connectivity index (χ2v) is 8.07. The van der Waals surface area contributed by atoms with Crippen molar-refractivity contribution in [2.45, 2.75) is 13.0 Å². The lowest BCUT2D eigenvalue weighted by Gasteiger charge is -2.17. The van der Waals surface area contributed by atoms with E-state index in [1.54, 1.807) is 55.5 Å². The summed E-state index contributed by atoms with van der Waals surface area (Å²) in [5.41, 5.74) is 1.41. The second kappa shape index (κ2) is 9.57. The van der Waals surface area contributed by atoms with E-state index in [-0.39, 0.29) is 5.91 Å². The molecule has 33 heavy (non-hydrogen) atoms. The standard InChI is InChI=1S/C25H19Cl2NO5/c1-14(32-22-10-7-16(26)12-20(22)27)24(29)28-17-8-9-18(23(13-17)31-2)19-11-15-5-3-4-6-21(15)33-25(19)30/h3-14H,1-2H3,(H,28,29)/t14-/m1/s1. The maximum absolute atomic E-state index is 12.6. The fraction of sp³-hybridized carbons (Fsp3) is 0.120. The lowest BCUT2D eigenvalue weighted by Crippen LogP contribution is -2.30. The van der Waals surface area contributed by atoms with E-state index < -0.39 is 11.7 Å². The number of para-hydroxylation sites is 1. The van der Waals surface area contributed by atoms with Gasteiger partial charge >= 0.3 is 5.63 Å². The minimum absolute atomic E-state index is 0.308. The lowest BCUT2D eigenvalue weighted by atomic mass is 10.0. The van der Waals surface area contributed by atoms with E-state index in [4.69, 9.17) is 37.1 Å². The predicted octanol–water partition coefficient (Wildman–Crippen LogP) is 6.18. The maximum Gasteiger partial charge on any atom is 0.344 e. The molecule has 0 aliphatic heterocycles. The van der Waals surface area contributed by atoms with Crippen LogP contribution in [0, 0.1) is 0 Å². The third kappa shape index (κ3) is 4.97. The zero-order chi connectivity index (χ0) is 23.5. The van der Waals surface area contributed by atoms with Crippen LogP contribution < -0.4 is 20.4 Å². The van der Waals surface area contributed by atoms with Crippen LogP contribution in [0.5, 0.6) is 11.5 Å². The normalized spacial score (nSPS) is 11.8. The van der Waals surface area contributed by atoms with Gasteiger partial charge < -0.3 is 19.2 Å². The Kier molecular flexibility index (Phi) is 6.58. The zero-order valence-electron chi connectivity index (χ0n) is 17.7. The number of methoxy groups -OCH3 is 1. The molecule has 6 nitrogen and oxygen atoms in total. The Balaban J connectivity index is 1.56. The van der Waals surface area contributed by atoms with Gasteiger partial charge in [-0.25, -0.2) is 4.79 Å². The first-order valence-electron chi connectivity index (χ1n) is 9.99. The number of hydrogen-bond donors (Lipinski definition) is 1. The van der Waals surface area contributed by atoms with Crippen LogP contribution in [0.4, 0.5) is 5.69 Å². The molecule has 1 N–H and O–H groups in total. The first-order valence-corrected chi connectivity index (χ1v) is 10.7. The average Bonchev–Trinajstić information content (AvgIpc) is 2.80. The lowest BCUT2D eigenvalue weighted by molar-refractivity contribution is -0.122. The number of amides is 1. The summed E-state index contributed by atoms with van der Waals surface area (Å²) in [5.74, 6) is 0.366. The summed E-state index contributed by atoms with van der Waals surface area (Å²) in [6.45, 7) is 1.60. The molecule has 0 saturated carbocycles. The predicted molar refractivity (Wildman–Crippen MR) is 130 cm³/mol. The Morgan fingerprint density at radius 2 is 1.76 bits per heavy atom. The smallest absolute Gasteiger partial charge is 0.344 e. The van der Waals surface area contributed by atoms with Crippen LogP contribution in [-0.4, -0.2) is 19.1 Å². The van der Waals surface area contributed by atoms with Gasteiger partial charge in [-0.2, -0.15) is 0 Å². The molecule has 0 fully saturated rings. The number of fused-ring (bicyclic) bond motifs is 1. The molecule has 1 atom stereocenters. The van der Waals surface area contributed by atoms with Crippen molar-refractivity contribution in [3.63, 3.8) is 0 Å².